The minimum atomic E-state index is 0.773. The number of hydrogen-bond acceptors (Lipinski definition) is 3. The van der Waals surface area contributed by atoms with Gasteiger partial charge in [0.2, 0.25) is 0 Å². The molecule has 0 saturated carbocycles. The van der Waals surface area contributed by atoms with E-state index in [1.165, 1.54) is 24.8 Å². The van der Waals surface area contributed by atoms with E-state index in [1.54, 1.807) is 0 Å². The summed E-state index contributed by atoms with van der Waals surface area (Å²) in [5.74, 6) is 1.74. The van der Waals surface area contributed by atoms with Gasteiger partial charge in [-0.2, -0.15) is 0 Å². The molecule has 1 aliphatic rings. The van der Waals surface area contributed by atoms with E-state index in [2.05, 4.69) is 40.2 Å². The Balaban J connectivity index is 1.61. The van der Waals surface area contributed by atoms with E-state index < -0.39 is 0 Å². The largest absolute Gasteiger partial charge is 0.396 e. The van der Waals surface area contributed by atoms with Gasteiger partial charge < -0.3 is 10.6 Å². The van der Waals surface area contributed by atoms with Crippen molar-refractivity contribution in [1.82, 2.24) is 4.98 Å². The van der Waals surface area contributed by atoms with Crippen LogP contribution in [0.5, 0.6) is 0 Å². The lowest BCUT2D eigenvalue weighted by atomic mass is 9.90. The van der Waals surface area contributed by atoms with Gasteiger partial charge in [0.05, 0.1) is 5.69 Å². The van der Waals surface area contributed by atoms with Crippen molar-refractivity contribution in [2.24, 2.45) is 5.92 Å². The highest BCUT2D eigenvalue weighted by atomic mass is 15.2. The van der Waals surface area contributed by atoms with Gasteiger partial charge >= 0.3 is 0 Å². The zero-order valence-corrected chi connectivity index (χ0v) is 12.6. The van der Waals surface area contributed by atoms with Gasteiger partial charge in [0.25, 0.3) is 0 Å². The Labute approximate surface area is 126 Å². The molecule has 3 rings (SSSR count). The molecule has 1 saturated heterocycles. The second-order valence-electron chi connectivity index (χ2n) is 5.99. The molecular formula is C18H23N3. The van der Waals surface area contributed by atoms with E-state index in [9.17, 15) is 0 Å². The van der Waals surface area contributed by atoms with Crippen molar-refractivity contribution in [3.63, 3.8) is 0 Å². The summed E-state index contributed by atoms with van der Waals surface area (Å²) in [4.78, 5) is 6.94. The Bertz CT molecular complexity index is 587. The van der Waals surface area contributed by atoms with Crippen LogP contribution in [0.4, 0.5) is 11.5 Å². The number of benzene rings is 1. The number of piperidine rings is 1. The Morgan fingerprint density at radius 1 is 1.10 bits per heavy atom. The molecule has 0 unspecified atom stereocenters. The number of hydrogen-bond donors (Lipinski definition) is 1. The predicted octanol–water partition coefficient (Wildman–Crippen LogP) is 3.43. The number of nitrogens with zero attached hydrogens (tertiary/aromatic N) is 2. The summed E-state index contributed by atoms with van der Waals surface area (Å²) in [7, 11) is 0. The average molecular weight is 281 g/mol. The predicted molar refractivity (Wildman–Crippen MR) is 88.5 cm³/mol. The summed E-state index contributed by atoms with van der Waals surface area (Å²) in [6.45, 7) is 4.13. The highest BCUT2D eigenvalue weighted by Gasteiger charge is 2.21. The van der Waals surface area contributed by atoms with Crippen molar-refractivity contribution in [1.29, 1.82) is 0 Å². The third-order valence-electron chi connectivity index (χ3n) is 4.33. The molecule has 0 radical (unpaired) electrons. The number of aromatic nitrogens is 1. The van der Waals surface area contributed by atoms with Gasteiger partial charge in [-0.3, -0.25) is 0 Å². The van der Waals surface area contributed by atoms with E-state index in [-0.39, 0.29) is 0 Å². The zero-order valence-electron chi connectivity index (χ0n) is 12.6. The molecule has 0 amide bonds. The fraction of sp³-hybridized carbons (Fsp3) is 0.389. The van der Waals surface area contributed by atoms with Crippen LogP contribution in [0.3, 0.4) is 0 Å². The summed E-state index contributed by atoms with van der Waals surface area (Å²) in [5, 5.41) is 0. The normalized spacial score (nSPS) is 16.1. The highest BCUT2D eigenvalue weighted by Crippen LogP contribution is 2.28. The van der Waals surface area contributed by atoms with Crippen LogP contribution >= 0.6 is 0 Å². The van der Waals surface area contributed by atoms with Crippen molar-refractivity contribution in [2.75, 3.05) is 23.7 Å². The van der Waals surface area contributed by atoms with Crippen LogP contribution in [-0.2, 0) is 6.42 Å². The molecule has 0 bridgehead atoms. The number of rotatable bonds is 3. The molecule has 110 valence electrons. The molecule has 21 heavy (non-hydrogen) atoms. The second-order valence-corrected chi connectivity index (χ2v) is 5.99. The minimum absolute atomic E-state index is 0.773. The van der Waals surface area contributed by atoms with Gasteiger partial charge in [-0.05, 0) is 49.8 Å². The zero-order chi connectivity index (χ0) is 14.7. The first-order chi connectivity index (χ1) is 10.2. The first-order valence-electron chi connectivity index (χ1n) is 7.74. The molecule has 1 fully saturated rings. The molecule has 0 spiro atoms. The van der Waals surface area contributed by atoms with Gasteiger partial charge in [0, 0.05) is 18.8 Å². The average Bonchev–Trinajstić information content (AvgIpc) is 2.52. The lowest BCUT2D eigenvalue weighted by molar-refractivity contribution is 0.402. The van der Waals surface area contributed by atoms with Crippen molar-refractivity contribution >= 4 is 11.5 Å². The van der Waals surface area contributed by atoms with Gasteiger partial charge in [-0.1, -0.05) is 30.3 Å². The van der Waals surface area contributed by atoms with Crippen LogP contribution in [0.25, 0.3) is 0 Å². The molecule has 3 nitrogen and oxygen atoms in total. The van der Waals surface area contributed by atoms with Crippen LogP contribution in [0.2, 0.25) is 0 Å². The molecule has 2 heterocycles. The maximum absolute atomic E-state index is 6.07. The van der Waals surface area contributed by atoms with Crippen LogP contribution in [0.1, 0.15) is 24.1 Å². The van der Waals surface area contributed by atoms with Gasteiger partial charge in [-0.25, -0.2) is 4.98 Å². The van der Waals surface area contributed by atoms with Crippen molar-refractivity contribution in [3.8, 4) is 0 Å². The molecule has 1 aromatic heterocycles. The van der Waals surface area contributed by atoms with Gasteiger partial charge in [0.1, 0.15) is 0 Å². The summed E-state index contributed by atoms with van der Waals surface area (Å²) in [6.07, 6.45) is 3.61. The standard InChI is InChI=1S/C18H23N3/c1-14-7-8-17(19)18(20-14)21-11-9-16(10-12-21)13-15-5-3-2-4-6-15/h2-8,16H,9-13,19H2,1H3. The molecular weight excluding hydrogens is 258 g/mol. The SMILES string of the molecule is Cc1ccc(N)c(N2CCC(Cc3ccccc3)CC2)n1. The van der Waals surface area contributed by atoms with Crippen LogP contribution < -0.4 is 10.6 Å². The van der Waals surface area contributed by atoms with E-state index in [4.69, 9.17) is 5.73 Å². The summed E-state index contributed by atoms with van der Waals surface area (Å²) < 4.78 is 0. The topological polar surface area (TPSA) is 42.1 Å². The van der Waals surface area contributed by atoms with E-state index in [0.29, 0.717) is 0 Å². The number of pyridine rings is 1. The molecule has 0 aliphatic carbocycles. The fourth-order valence-electron chi connectivity index (χ4n) is 3.10. The number of nitrogens with two attached hydrogens (primary N) is 1. The van der Waals surface area contributed by atoms with Crippen LogP contribution in [-0.4, -0.2) is 18.1 Å². The quantitative estimate of drug-likeness (QED) is 0.937. The van der Waals surface area contributed by atoms with Crippen LogP contribution in [0, 0.1) is 12.8 Å². The van der Waals surface area contributed by atoms with Gasteiger partial charge in [-0.15, -0.1) is 0 Å². The minimum Gasteiger partial charge on any atom is -0.396 e. The number of nitrogen functional groups attached to an aromatic ring is 1. The van der Waals surface area contributed by atoms with E-state index >= 15 is 0 Å². The Hall–Kier alpha value is -2.03. The lowest BCUT2D eigenvalue weighted by Gasteiger charge is -2.33. The second kappa shape index (κ2) is 6.17. The number of aryl methyl sites for hydroxylation is 1. The van der Waals surface area contributed by atoms with Crippen molar-refractivity contribution < 1.29 is 0 Å². The maximum Gasteiger partial charge on any atom is 0.152 e. The molecule has 2 aromatic rings. The smallest absolute Gasteiger partial charge is 0.152 e. The Morgan fingerprint density at radius 3 is 2.52 bits per heavy atom. The van der Waals surface area contributed by atoms with E-state index in [1.807, 2.05) is 19.1 Å². The van der Waals surface area contributed by atoms with Crippen molar-refractivity contribution in [2.45, 2.75) is 26.2 Å². The third kappa shape index (κ3) is 3.35. The lowest BCUT2D eigenvalue weighted by Crippen LogP contribution is -2.35. The van der Waals surface area contributed by atoms with E-state index in [0.717, 1.165) is 36.2 Å². The van der Waals surface area contributed by atoms with Crippen molar-refractivity contribution in [3.05, 3.63) is 53.7 Å². The summed E-state index contributed by atoms with van der Waals surface area (Å²) in [5.41, 5.74) is 9.35. The molecule has 2 N–H and O–H groups in total. The summed E-state index contributed by atoms with van der Waals surface area (Å²) in [6, 6.07) is 14.7. The first kappa shape index (κ1) is 13.9. The first-order valence-corrected chi connectivity index (χ1v) is 7.74. The van der Waals surface area contributed by atoms with Gasteiger partial charge in [0.15, 0.2) is 5.82 Å². The molecule has 1 aromatic carbocycles. The molecule has 1 aliphatic heterocycles. The summed E-state index contributed by atoms with van der Waals surface area (Å²) >= 11 is 0. The third-order valence-corrected chi connectivity index (χ3v) is 4.33. The monoisotopic (exact) mass is 281 g/mol. The maximum atomic E-state index is 6.07. The molecule has 3 heteroatoms. The molecule has 0 atom stereocenters. The Kier molecular flexibility index (Phi) is 4.09. The number of anilines is 2. The fourth-order valence-corrected chi connectivity index (χ4v) is 3.10. The van der Waals surface area contributed by atoms with Crippen LogP contribution in [0.15, 0.2) is 42.5 Å². The highest BCUT2D eigenvalue weighted by molar-refractivity contribution is 5.63. The Morgan fingerprint density at radius 2 is 1.81 bits per heavy atom.